The first-order valence-corrected chi connectivity index (χ1v) is 30.2. The SMILES string of the molecule is CCOc1cc(N2CCC(C(=O)N3CCC(CN4CCN(Cc5ccc(-n6c(C(=O)NC(C)C(F)(F)F)nnc6-c6cc(CC)c(O)cc6OC)cc5)CC4)CC3)CC2)ccc1Nc1ncc2c(n1)N(S(C)(=O)=O)c1ccccc1C(=O)N2C. The van der Waals surface area contributed by atoms with E-state index in [0.717, 1.165) is 100 Å². The first kappa shape index (κ1) is 59.1. The Balaban J connectivity index is 0.701. The number of aryl methyl sites for hydroxylation is 1. The van der Waals surface area contributed by atoms with Crippen molar-refractivity contribution in [3.63, 3.8) is 0 Å². The Morgan fingerprint density at radius 3 is 2.19 bits per heavy atom. The third kappa shape index (κ3) is 12.6. The van der Waals surface area contributed by atoms with E-state index in [9.17, 15) is 41.1 Å². The molecule has 0 saturated carbocycles. The Morgan fingerprint density at radius 2 is 1.52 bits per heavy atom. The zero-order chi connectivity index (χ0) is 59.6. The Labute approximate surface area is 486 Å². The lowest BCUT2D eigenvalue weighted by Gasteiger charge is -2.40. The lowest BCUT2D eigenvalue weighted by Crippen LogP contribution is -2.49. The van der Waals surface area contributed by atoms with Gasteiger partial charge in [-0.3, -0.25) is 23.9 Å². The lowest BCUT2D eigenvalue weighted by atomic mass is 9.91. The number of alkyl halides is 3. The number of aromatic hydroxyl groups is 1. The van der Waals surface area contributed by atoms with Crippen molar-refractivity contribution < 1.29 is 50.6 Å². The minimum Gasteiger partial charge on any atom is -0.508 e. The Bertz CT molecular complexity index is 3510. The highest BCUT2D eigenvalue weighted by molar-refractivity contribution is 7.92. The van der Waals surface area contributed by atoms with E-state index in [0.29, 0.717) is 66.8 Å². The first-order chi connectivity index (χ1) is 40.2. The summed E-state index contributed by atoms with van der Waals surface area (Å²) in [5.41, 5.74) is 4.60. The number of carbonyl (C=O) groups is 3. The monoisotopic (exact) mass is 1180 g/mol. The zero-order valence-electron chi connectivity index (χ0n) is 47.9. The van der Waals surface area contributed by atoms with Gasteiger partial charge in [0.05, 0.1) is 48.7 Å². The van der Waals surface area contributed by atoms with Crippen molar-refractivity contribution in [1.82, 2.24) is 44.7 Å². The summed E-state index contributed by atoms with van der Waals surface area (Å²) in [6, 6.07) is 20.7. The molecule has 1 atom stereocenters. The fourth-order valence-corrected chi connectivity index (χ4v) is 12.5. The van der Waals surface area contributed by atoms with Crippen LogP contribution in [0, 0.1) is 11.8 Å². The predicted molar refractivity (Wildman–Crippen MR) is 312 cm³/mol. The quantitative estimate of drug-likeness (QED) is 0.0793. The van der Waals surface area contributed by atoms with E-state index in [1.54, 1.807) is 49.5 Å². The Morgan fingerprint density at radius 1 is 0.833 bits per heavy atom. The second-order valence-electron chi connectivity index (χ2n) is 21.8. The number of phenols is 1. The van der Waals surface area contributed by atoms with Crippen molar-refractivity contribution in [2.75, 3.05) is 105 Å². The van der Waals surface area contributed by atoms with Crippen LogP contribution in [-0.2, 0) is 27.8 Å². The van der Waals surface area contributed by atoms with Gasteiger partial charge < -0.3 is 44.8 Å². The van der Waals surface area contributed by atoms with Crippen LogP contribution in [0.25, 0.3) is 17.1 Å². The third-order valence-electron chi connectivity index (χ3n) is 16.2. The average Bonchev–Trinajstić information content (AvgIpc) is 3.61. The average molecular weight is 1180 g/mol. The minimum absolute atomic E-state index is 0.00996. The molecule has 0 spiro atoms. The van der Waals surface area contributed by atoms with Gasteiger partial charge in [-0.1, -0.05) is 31.2 Å². The number of nitrogens with zero attached hydrogens (tertiary/aromatic N) is 11. The number of ether oxygens (including phenoxy) is 2. The van der Waals surface area contributed by atoms with Crippen LogP contribution in [0.5, 0.6) is 17.2 Å². The van der Waals surface area contributed by atoms with E-state index in [2.05, 4.69) is 45.1 Å². The molecule has 1 unspecified atom stereocenters. The van der Waals surface area contributed by atoms with E-state index in [4.69, 9.17) is 9.47 Å². The molecule has 0 aliphatic carbocycles. The Hall–Kier alpha value is -8.03. The predicted octanol–water partition coefficient (Wildman–Crippen LogP) is 7.78. The first-order valence-electron chi connectivity index (χ1n) is 28.3. The fourth-order valence-electron chi connectivity index (χ4n) is 11.5. The number of hydrogen-bond acceptors (Lipinski definition) is 16. The number of rotatable bonds is 17. The highest BCUT2D eigenvalue weighted by atomic mass is 32.2. The second kappa shape index (κ2) is 24.7. The normalized spacial score (nSPS) is 17.1. The number of nitrogens with one attached hydrogen (secondary N) is 2. The standard InChI is InChI=1S/C59H70F3N13O8S/c1-7-40-31-45(50(82-5)33-49(40)76)52-67-68-54(55(77)64-37(3)59(60,61)62)74(52)42-15-13-38(14-16-42)35-70-27-29-71(30-28-70)36-39-19-23-73(24-20-39)56(78)41-21-25-72(26-22-41)43-17-18-46(51(32-43)83-8-2)65-58-63-34-48-53(66-58)75(84(6,80)81)47-12-10-9-11-44(47)57(79)69(48)4/h9-18,31-34,37,39,41,76H,7-8,19-30,35-36H2,1-6H3,(H,64,77)(H,63,65,66). The van der Waals surface area contributed by atoms with Crippen LogP contribution in [-0.4, -0.2) is 169 Å². The summed E-state index contributed by atoms with van der Waals surface area (Å²) in [7, 11) is -0.969. The number of phenolic OH excluding ortho intramolecular Hbond substituents is 1. The van der Waals surface area contributed by atoms with Gasteiger partial charge >= 0.3 is 6.18 Å². The number of anilines is 6. The van der Waals surface area contributed by atoms with Gasteiger partial charge in [0, 0.05) is 102 Å². The van der Waals surface area contributed by atoms with Gasteiger partial charge in [0.1, 0.15) is 29.0 Å². The molecule has 3 N–H and O–H groups in total. The van der Waals surface area contributed by atoms with Crippen molar-refractivity contribution in [3.05, 3.63) is 108 Å². The van der Waals surface area contributed by atoms with Crippen LogP contribution in [0.1, 0.15) is 78.6 Å². The van der Waals surface area contributed by atoms with Crippen LogP contribution in [0.2, 0.25) is 0 Å². The molecule has 84 heavy (non-hydrogen) atoms. The zero-order valence-corrected chi connectivity index (χ0v) is 48.7. The van der Waals surface area contributed by atoms with Crippen molar-refractivity contribution in [2.24, 2.45) is 11.8 Å². The molecule has 6 heterocycles. The number of fused-ring (bicyclic) bond motifs is 2. The maximum absolute atomic E-state index is 14.0. The van der Waals surface area contributed by atoms with Crippen LogP contribution in [0.4, 0.5) is 47.7 Å². The van der Waals surface area contributed by atoms with Gasteiger partial charge in [0.25, 0.3) is 11.8 Å². The summed E-state index contributed by atoms with van der Waals surface area (Å²) in [5, 5.41) is 24.1. The molecular weight excluding hydrogens is 1110 g/mol. The molecule has 6 aromatic rings. The van der Waals surface area contributed by atoms with Gasteiger partial charge in [-0.2, -0.15) is 18.2 Å². The maximum atomic E-state index is 14.0. The van der Waals surface area contributed by atoms with E-state index < -0.39 is 34.1 Å². The maximum Gasteiger partial charge on any atom is 0.408 e. The number of piperazine rings is 1. The van der Waals surface area contributed by atoms with Gasteiger partial charge in [0.15, 0.2) is 11.6 Å². The number of methoxy groups -OCH3 is 1. The van der Waals surface area contributed by atoms with E-state index in [-0.39, 0.29) is 63.7 Å². The number of benzene rings is 4. The highest BCUT2D eigenvalue weighted by Gasteiger charge is 2.39. The summed E-state index contributed by atoms with van der Waals surface area (Å²) >= 11 is 0. The third-order valence-corrected chi connectivity index (χ3v) is 17.3. The summed E-state index contributed by atoms with van der Waals surface area (Å²) in [5.74, 6) is -0.0211. The molecule has 10 rings (SSSR count). The van der Waals surface area contributed by atoms with E-state index >= 15 is 0 Å². The molecule has 21 nitrogen and oxygen atoms in total. The summed E-state index contributed by atoms with van der Waals surface area (Å²) in [4.78, 5) is 60.4. The number of sulfonamides is 1. The molecule has 446 valence electrons. The topological polar surface area (TPSA) is 224 Å². The van der Waals surface area contributed by atoms with Crippen molar-refractivity contribution in [2.45, 2.75) is 71.6 Å². The van der Waals surface area contributed by atoms with Gasteiger partial charge in [-0.25, -0.2) is 17.7 Å². The molecule has 3 saturated heterocycles. The fraction of sp³-hybridized carbons (Fsp3) is 0.441. The summed E-state index contributed by atoms with van der Waals surface area (Å²) in [6.07, 6.45) is 1.65. The smallest absolute Gasteiger partial charge is 0.408 e. The largest absolute Gasteiger partial charge is 0.508 e. The second-order valence-corrected chi connectivity index (χ2v) is 23.6. The van der Waals surface area contributed by atoms with Gasteiger partial charge in [-0.05, 0) is 105 Å². The van der Waals surface area contributed by atoms with Crippen molar-refractivity contribution in [3.8, 4) is 34.3 Å². The molecule has 2 aromatic heterocycles. The van der Waals surface area contributed by atoms with Crippen LogP contribution < -0.4 is 34.2 Å². The van der Waals surface area contributed by atoms with Crippen LogP contribution in [0.15, 0.2) is 85.1 Å². The highest BCUT2D eigenvalue weighted by Crippen LogP contribution is 2.42. The van der Waals surface area contributed by atoms with Crippen LogP contribution in [0.3, 0.4) is 0 Å². The minimum atomic E-state index is -4.67. The van der Waals surface area contributed by atoms with E-state index in [1.807, 2.05) is 49.5 Å². The summed E-state index contributed by atoms with van der Waals surface area (Å²) in [6.45, 7) is 13.1. The molecule has 4 aromatic carbocycles. The molecule has 3 fully saturated rings. The molecule has 4 aliphatic rings. The number of carbonyl (C=O) groups excluding carboxylic acids is 3. The number of amides is 3. The molecule has 4 aliphatic heterocycles. The number of para-hydroxylation sites is 1. The van der Waals surface area contributed by atoms with E-state index in [1.165, 1.54) is 28.8 Å². The van der Waals surface area contributed by atoms with Gasteiger partial charge in [0.2, 0.25) is 27.7 Å². The number of halogens is 3. The number of aromatic nitrogens is 5. The number of hydrogen-bond donors (Lipinski definition) is 3. The molecular formula is C59H70F3N13O8S. The molecule has 25 heteroatoms. The summed E-state index contributed by atoms with van der Waals surface area (Å²) < 4.78 is 81.3. The molecule has 0 bridgehead atoms. The van der Waals surface area contributed by atoms with Crippen LogP contribution >= 0.6 is 0 Å². The Kier molecular flexibility index (Phi) is 17.4. The van der Waals surface area contributed by atoms with Crippen molar-refractivity contribution >= 4 is 62.3 Å². The number of piperidine rings is 2. The van der Waals surface area contributed by atoms with Crippen molar-refractivity contribution in [1.29, 1.82) is 0 Å². The van der Waals surface area contributed by atoms with Gasteiger partial charge in [-0.15, -0.1) is 10.2 Å². The lowest BCUT2D eigenvalue weighted by molar-refractivity contribution is -0.149. The molecule has 0 radical (unpaired) electrons. The molecule has 3 amide bonds. The number of likely N-dealkylation sites (tertiary alicyclic amines) is 1.